The van der Waals surface area contributed by atoms with Gasteiger partial charge in [0.25, 0.3) is 0 Å². The predicted octanol–water partition coefficient (Wildman–Crippen LogP) is 1.76. The second-order valence-electron chi connectivity index (χ2n) is 5.90. The summed E-state index contributed by atoms with van der Waals surface area (Å²) in [4.78, 5) is 9.04. The van der Waals surface area contributed by atoms with E-state index in [9.17, 15) is 0 Å². The first-order valence-electron chi connectivity index (χ1n) is 6.73. The van der Waals surface area contributed by atoms with Crippen LogP contribution < -0.4 is 5.32 Å². The Hall–Kier alpha value is -1.04. The quantitative estimate of drug-likeness (QED) is 0.902. The summed E-state index contributed by atoms with van der Waals surface area (Å²) in [5.74, 6) is 0.727. The van der Waals surface area contributed by atoms with E-state index in [1.54, 1.807) is 0 Å². The topological polar surface area (TPSA) is 56.3 Å². The van der Waals surface area contributed by atoms with Crippen LogP contribution >= 0.6 is 0 Å². The molecule has 1 aliphatic heterocycles. The molecule has 19 heavy (non-hydrogen) atoms. The average molecular weight is 265 g/mol. The van der Waals surface area contributed by atoms with Crippen LogP contribution in [0.15, 0.2) is 6.07 Å². The number of aromatic nitrogens is 2. The summed E-state index contributed by atoms with van der Waals surface area (Å²) in [7, 11) is 0. The van der Waals surface area contributed by atoms with Gasteiger partial charge in [0.15, 0.2) is 5.82 Å². The average Bonchev–Trinajstić information content (AvgIpc) is 2.36. The van der Waals surface area contributed by atoms with Gasteiger partial charge in [-0.3, -0.25) is 0 Å². The van der Waals surface area contributed by atoms with Crippen LogP contribution in [0.3, 0.4) is 0 Å². The third-order valence-corrected chi connectivity index (χ3v) is 2.83. The fraction of sp³-hybridized carbons (Fsp3) is 0.714. The Kier molecular flexibility index (Phi) is 4.50. The molecule has 0 bridgehead atoms. The molecule has 0 amide bonds. The van der Waals surface area contributed by atoms with Gasteiger partial charge in [0.05, 0.1) is 25.5 Å². The van der Waals surface area contributed by atoms with Crippen LogP contribution in [-0.4, -0.2) is 35.3 Å². The Morgan fingerprint density at radius 3 is 2.74 bits per heavy atom. The van der Waals surface area contributed by atoms with Gasteiger partial charge in [-0.05, 0) is 33.8 Å². The minimum Gasteiger partial charge on any atom is -0.376 e. The first kappa shape index (κ1) is 14.4. The number of hydrogen-bond acceptors (Lipinski definition) is 5. The zero-order valence-corrected chi connectivity index (χ0v) is 12.2. The van der Waals surface area contributed by atoms with Crippen molar-refractivity contribution in [2.75, 3.05) is 19.8 Å². The van der Waals surface area contributed by atoms with Crippen molar-refractivity contribution in [3.63, 3.8) is 0 Å². The molecule has 0 aliphatic carbocycles. The van der Waals surface area contributed by atoms with E-state index >= 15 is 0 Å². The Morgan fingerprint density at radius 1 is 1.32 bits per heavy atom. The van der Waals surface area contributed by atoms with E-state index < -0.39 is 0 Å². The highest BCUT2D eigenvalue weighted by Crippen LogP contribution is 2.18. The van der Waals surface area contributed by atoms with E-state index in [-0.39, 0.29) is 11.6 Å². The van der Waals surface area contributed by atoms with Crippen molar-refractivity contribution in [2.24, 2.45) is 0 Å². The number of aryl methyl sites for hydroxylation is 1. The normalized spacial score (nSPS) is 20.5. The molecule has 0 aromatic carbocycles. The SMILES string of the molecule is Cc1cc(CNC(C)(C)C)nc(C2COCCO2)n1. The predicted molar refractivity (Wildman–Crippen MR) is 72.9 cm³/mol. The summed E-state index contributed by atoms with van der Waals surface area (Å²) >= 11 is 0. The first-order valence-corrected chi connectivity index (χ1v) is 6.73. The molecule has 1 aromatic rings. The lowest BCUT2D eigenvalue weighted by molar-refractivity contribution is -0.0936. The zero-order valence-electron chi connectivity index (χ0n) is 12.2. The van der Waals surface area contributed by atoms with E-state index in [0.717, 1.165) is 23.8 Å². The van der Waals surface area contributed by atoms with Gasteiger partial charge < -0.3 is 14.8 Å². The van der Waals surface area contributed by atoms with Crippen LogP contribution in [0.1, 0.15) is 44.1 Å². The van der Waals surface area contributed by atoms with Gasteiger partial charge >= 0.3 is 0 Å². The molecule has 1 aliphatic rings. The Morgan fingerprint density at radius 2 is 2.11 bits per heavy atom. The fourth-order valence-electron chi connectivity index (χ4n) is 1.89. The van der Waals surface area contributed by atoms with Crippen molar-refractivity contribution < 1.29 is 9.47 Å². The Labute approximate surface area is 114 Å². The summed E-state index contributed by atoms with van der Waals surface area (Å²) in [6.45, 7) is 10.9. The third kappa shape index (κ3) is 4.53. The standard InChI is InChI=1S/C14H23N3O2/c1-10-7-11(8-15-14(2,3)4)17-13(16-10)12-9-18-5-6-19-12/h7,12,15H,5-6,8-9H2,1-4H3. The van der Waals surface area contributed by atoms with Crippen LogP contribution in [0.4, 0.5) is 0 Å². The van der Waals surface area contributed by atoms with E-state index in [1.807, 2.05) is 13.0 Å². The van der Waals surface area contributed by atoms with Gasteiger partial charge in [0, 0.05) is 17.8 Å². The second-order valence-corrected chi connectivity index (χ2v) is 5.90. The number of nitrogens with zero attached hydrogens (tertiary/aromatic N) is 2. The minimum absolute atomic E-state index is 0.0729. The number of hydrogen-bond donors (Lipinski definition) is 1. The van der Waals surface area contributed by atoms with Crippen molar-refractivity contribution in [2.45, 2.75) is 45.9 Å². The lowest BCUT2D eigenvalue weighted by Gasteiger charge is -2.23. The maximum absolute atomic E-state index is 5.65. The van der Waals surface area contributed by atoms with E-state index in [1.165, 1.54) is 0 Å². The third-order valence-electron chi connectivity index (χ3n) is 2.83. The molecule has 1 unspecified atom stereocenters. The van der Waals surface area contributed by atoms with Crippen LogP contribution in [0.2, 0.25) is 0 Å². The van der Waals surface area contributed by atoms with Crippen LogP contribution in [-0.2, 0) is 16.0 Å². The van der Waals surface area contributed by atoms with Gasteiger partial charge in [-0.15, -0.1) is 0 Å². The molecule has 5 heteroatoms. The highest BCUT2D eigenvalue weighted by molar-refractivity contribution is 5.12. The van der Waals surface area contributed by atoms with Crippen LogP contribution in [0.5, 0.6) is 0 Å². The molecule has 1 N–H and O–H groups in total. The van der Waals surface area contributed by atoms with Gasteiger partial charge in [0.1, 0.15) is 6.10 Å². The molecule has 106 valence electrons. The smallest absolute Gasteiger partial charge is 0.160 e. The summed E-state index contributed by atoms with van der Waals surface area (Å²) in [5.41, 5.74) is 2.03. The maximum atomic E-state index is 5.65. The largest absolute Gasteiger partial charge is 0.376 e. The zero-order chi connectivity index (χ0) is 13.9. The van der Waals surface area contributed by atoms with E-state index in [2.05, 4.69) is 36.1 Å². The summed E-state index contributed by atoms with van der Waals surface area (Å²) in [5, 5.41) is 3.43. The van der Waals surface area contributed by atoms with Crippen LogP contribution in [0, 0.1) is 6.92 Å². The molecular weight excluding hydrogens is 242 g/mol. The molecule has 1 atom stereocenters. The van der Waals surface area contributed by atoms with Gasteiger partial charge in [-0.25, -0.2) is 9.97 Å². The van der Waals surface area contributed by atoms with Crippen molar-refractivity contribution >= 4 is 0 Å². The van der Waals surface area contributed by atoms with E-state index in [4.69, 9.17) is 9.47 Å². The van der Waals surface area contributed by atoms with Crippen LogP contribution in [0.25, 0.3) is 0 Å². The molecular formula is C14H23N3O2. The van der Waals surface area contributed by atoms with E-state index in [0.29, 0.717) is 19.8 Å². The first-order chi connectivity index (χ1) is 8.94. The minimum atomic E-state index is -0.137. The highest BCUT2D eigenvalue weighted by atomic mass is 16.6. The maximum Gasteiger partial charge on any atom is 0.160 e. The molecule has 0 radical (unpaired) electrons. The summed E-state index contributed by atoms with van der Waals surface area (Å²) in [6.07, 6.45) is -0.137. The van der Waals surface area contributed by atoms with Crippen molar-refractivity contribution in [1.82, 2.24) is 15.3 Å². The van der Waals surface area contributed by atoms with Crippen molar-refractivity contribution in [3.05, 3.63) is 23.3 Å². The van der Waals surface area contributed by atoms with Crippen molar-refractivity contribution in [3.8, 4) is 0 Å². The Balaban J connectivity index is 2.10. The number of nitrogens with one attached hydrogen (secondary N) is 1. The monoisotopic (exact) mass is 265 g/mol. The molecule has 0 spiro atoms. The number of ether oxygens (including phenoxy) is 2. The molecule has 1 saturated heterocycles. The molecule has 2 heterocycles. The summed E-state index contributed by atoms with van der Waals surface area (Å²) < 4.78 is 11.1. The van der Waals surface area contributed by atoms with Gasteiger partial charge in [0.2, 0.25) is 0 Å². The molecule has 1 fully saturated rings. The molecule has 5 nitrogen and oxygen atoms in total. The Bertz CT molecular complexity index is 423. The molecule has 0 saturated carbocycles. The van der Waals surface area contributed by atoms with Crippen molar-refractivity contribution in [1.29, 1.82) is 0 Å². The molecule has 2 rings (SSSR count). The summed E-state index contributed by atoms with van der Waals surface area (Å²) in [6, 6.07) is 2.01. The highest BCUT2D eigenvalue weighted by Gasteiger charge is 2.20. The fourth-order valence-corrected chi connectivity index (χ4v) is 1.89. The van der Waals surface area contributed by atoms with Gasteiger partial charge in [-0.1, -0.05) is 0 Å². The lowest BCUT2D eigenvalue weighted by atomic mass is 10.1. The second kappa shape index (κ2) is 5.94. The molecule has 1 aromatic heterocycles. The van der Waals surface area contributed by atoms with Gasteiger partial charge in [-0.2, -0.15) is 0 Å². The lowest BCUT2D eigenvalue weighted by Crippen LogP contribution is -2.35. The number of rotatable bonds is 3.